The summed E-state index contributed by atoms with van der Waals surface area (Å²) in [6.45, 7) is 1.99. The maximum atomic E-state index is 6.53. The highest BCUT2D eigenvalue weighted by atomic mass is 35.5. The van der Waals surface area contributed by atoms with E-state index in [0.717, 1.165) is 61.0 Å². The van der Waals surface area contributed by atoms with Crippen molar-refractivity contribution in [2.45, 2.75) is 63.3 Å². The van der Waals surface area contributed by atoms with Crippen LogP contribution in [0.15, 0.2) is 30.3 Å². The lowest BCUT2D eigenvalue weighted by Crippen LogP contribution is -2.33. The van der Waals surface area contributed by atoms with E-state index in [0.29, 0.717) is 5.92 Å². The Bertz CT molecular complexity index is 898. The average molecular weight is 548 g/mol. The van der Waals surface area contributed by atoms with Crippen molar-refractivity contribution < 1.29 is 14.2 Å². The van der Waals surface area contributed by atoms with Crippen molar-refractivity contribution in [3.63, 3.8) is 0 Å². The fourth-order valence-electron chi connectivity index (χ4n) is 4.93. The third kappa shape index (κ3) is 8.91. The highest BCUT2D eigenvalue weighted by Gasteiger charge is 2.29. The van der Waals surface area contributed by atoms with E-state index in [1.54, 1.807) is 21.3 Å². The topological polar surface area (TPSA) is 65.7 Å². The molecule has 0 aliphatic heterocycles. The molecular weight excluding hydrogens is 507 g/mol. The van der Waals surface area contributed by atoms with Crippen molar-refractivity contribution in [1.29, 1.82) is 0 Å². The van der Waals surface area contributed by atoms with Gasteiger partial charge in [0.15, 0.2) is 11.5 Å². The quantitative estimate of drug-likeness (QED) is 0.286. The molecule has 0 fully saturated rings. The van der Waals surface area contributed by atoms with Crippen LogP contribution in [0.3, 0.4) is 0 Å². The number of fused-ring (bicyclic) bond motifs is 1. The first kappa shape index (κ1) is 31.7. The number of rotatable bonds is 13. The van der Waals surface area contributed by atoms with E-state index < -0.39 is 0 Å². The number of nitrogens with two attached hydrogens (primary N) is 1. The lowest BCUT2D eigenvalue weighted by molar-refractivity contribution is 0.343. The molecule has 5 nitrogen and oxygen atoms in total. The minimum Gasteiger partial charge on any atom is -0.497 e. The molecule has 0 amide bonds. The van der Waals surface area contributed by atoms with Gasteiger partial charge in [-0.1, -0.05) is 36.9 Å². The summed E-state index contributed by atoms with van der Waals surface area (Å²) >= 11 is 6.14. The Labute approximate surface area is 228 Å². The number of unbranched alkanes of at least 4 members (excludes halogenated alkanes) is 3. The second-order valence-corrected chi connectivity index (χ2v) is 9.32. The van der Waals surface area contributed by atoms with Gasteiger partial charge in [-0.25, -0.2) is 0 Å². The number of hydrogen-bond donors (Lipinski definition) is 2. The fourth-order valence-corrected chi connectivity index (χ4v) is 5.18. The standard InChI is InChI=1S/C27H39ClN2O3.2ClH/c1-31-21-17-19(16-20(28)18-21)13-15-30-14-7-5-4-6-8-23-22-10-12-26(32-2)27(33-3)24(22)9-11-25(23)29;;/h10,12,16-18,23,25,30H,4-9,11,13-15,29H2,1-3H3;2*1H. The molecule has 0 heterocycles. The highest BCUT2D eigenvalue weighted by molar-refractivity contribution is 6.30. The lowest BCUT2D eigenvalue weighted by atomic mass is 9.76. The molecule has 0 saturated heterocycles. The van der Waals surface area contributed by atoms with Crippen molar-refractivity contribution >= 4 is 36.4 Å². The molecule has 2 unspecified atom stereocenters. The zero-order chi connectivity index (χ0) is 23.6. The maximum Gasteiger partial charge on any atom is 0.164 e. The van der Waals surface area contributed by atoms with Gasteiger partial charge in [-0.3, -0.25) is 0 Å². The molecule has 0 bridgehead atoms. The van der Waals surface area contributed by atoms with Gasteiger partial charge in [0, 0.05) is 16.6 Å². The summed E-state index contributed by atoms with van der Waals surface area (Å²) in [5, 5.41) is 4.27. The van der Waals surface area contributed by atoms with E-state index in [1.165, 1.54) is 42.4 Å². The van der Waals surface area contributed by atoms with E-state index in [4.69, 9.17) is 31.5 Å². The summed E-state index contributed by atoms with van der Waals surface area (Å²) in [6, 6.07) is 10.3. The van der Waals surface area contributed by atoms with Gasteiger partial charge in [0.05, 0.1) is 21.3 Å². The number of nitrogens with one attached hydrogen (secondary N) is 1. The fraction of sp³-hybridized carbons (Fsp3) is 0.556. The Hall–Kier alpha value is -1.37. The third-order valence-electron chi connectivity index (χ3n) is 6.70. The van der Waals surface area contributed by atoms with Crippen molar-refractivity contribution in [2.75, 3.05) is 34.4 Å². The first-order valence-electron chi connectivity index (χ1n) is 12.1. The Morgan fingerprint density at radius 1 is 0.943 bits per heavy atom. The molecule has 2 aromatic carbocycles. The summed E-state index contributed by atoms with van der Waals surface area (Å²) in [6.07, 6.45) is 8.91. The van der Waals surface area contributed by atoms with Crippen LogP contribution in [0.25, 0.3) is 0 Å². The van der Waals surface area contributed by atoms with Gasteiger partial charge in [-0.15, -0.1) is 24.8 Å². The number of halogens is 3. The largest absolute Gasteiger partial charge is 0.497 e. The Morgan fingerprint density at radius 3 is 2.43 bits per heavy atom. The molecule has 2 aromatic rings. The first-order chi connectivity index (χ1) is 16.1. The van der Waals surface area contributed by atoms with Crippen molar-refractivity contribution in [3.8, 4) is 17.2 Å². The number of methoxy groups -OCH3 is 3. The summed E-state index contributed by atoms with van der Waals surface area (Å²) in [5.41, 5.74) is 10.4. The highest BCUT2D eigenvalue weighted by Crippen LogP contribution is 2.43. The first-order valence-corrected chi connectivity index (χ1v) is 12.5. The summed E-state index contributed by atoms with van der Waals surface area (Å²) < 4.78 is 16.4. The molecule has 8 heteroatoms. The van der Waals surface area contributed by atoms with Crippen LogP contribution >= 0.6 is 36.4 Å². The van der Waals surface area contributed by atoms with Gasteiger partial charge >= 0.3 is 0 Å². The second kappa shape index (κ2) is 16.4. The van der Waals surface area contributed by atoms with Gasteiger partial charge in [-0.2, -0.15) is 0 Å². The average Bonchev–Trinajstić information content (AvgIpc) is 2.82. The molecule has 198 valence electrons. The maximum absolute atomic E-state index is 6.53. The molecular formula is C27H41Cl3N2O3. The molecule has 3 rings (SSSR count). The number of ether oxygens (including phenoxy) is 3. The molecule has 0 saturated carbocycles. The van der Waals surface area contributed by atoms with Crippen LogP contribution in [0.1, 0.15) is 61.1 Å². The van der Waals surface area contributed by atoms with E-state index in [1.807, 2.05) is 24.3 Å². The summed E-state index contributed by atoms with van der Waals surface area (Å²) in [7, 11) is 5.09. The van der Waals surface area contributed by atoms with Crippen molar-refractivity contribution in [2.24, 2.45) is 5.73 Å². The van der Waals surface area contributed by atoms with E-state index in [-0.39, 0.29) is 30.9 Å². The van der Waals surface area contributed by atoms with E-state index in [2.05, 4.69) is 11.4 Å². The van der Waals surface area contributed by atoms with Gasteiger partial charge in [-0.05, 0) is 86.5 Å². The van der Waals surface area contributed by atoms with Crippen molar-refractivity contribution in [1.82, 2.24) is 5.32 Å². The molecule has 0 radical (unpaired) electrons. The van der Waals surface area contributed by atoms with Crippen LogP contribution in [-0.4, -0.2) is 40.5 Å². The molecule has 2 atom stereocenters. The summed E-state index contributed by atoms with van der Waals surface area (Å²) in [4.78, 5) is 0. The van der Waals surface area contributed by atoms with Crippen LogP contribution in [0.5, 0.6) is 17.2 Å². The van der Waals surface area contributed by atoms with Crippen LogP contribution in [0.4, 0.5) is 0 Å². The minimum absolute atomic E-state index is 0. The van der Waals surface area contributed by atoms with Crippen LogP contribution < -0.4 is 25.3 Å². The second-order valence-electron chi connectivity index (χ2n) is 8.88. The zero-order valence-electron chi connectivity index (χ0n) is 21.1. The molecule has 0 aromatic heterocycles. The smallest absolute Gasteiger partial charge is 0.164 e. The van der Waals surface area contributed by atoms with Crippen LogP contribution in [-0.2, 0) is 12.8 Å². The van der Waals surface area contributed by atoms with Crippen LogP contribution in [0.2, 0.25) is 5.02 Å². The third-order valence-corrected chi connectivity index (χ3v) is 6.92. The van der Waals surface area contributed by atoms with Gasteiger partial charge in [0.2, 0.25) is 0 Å². The van der Waals surface area contributed by atoms with Crippen molar-refractivity contribution in [3.05, 3.63) is 52.0 Å². The Morgan fingerprint density at radius 2 is 1.71 bits per heavy atom. The molecule has 1 aliphatic carbocycles. The number of benzene rings is 2. The predicted octanol–water partition coefficient (Wildman–Crippen LogP) is 6.35. The van der Waals surface area contributed by atoms with Crippen LogP contribution in [0, 0.1) is 0 Å². The van der Waals surface area contributed by atoms with Gasteiger partial charge < -0.3 is 25.3 Å². The van der Waals surface area contributed by atoms with Gasteiger partial charge in [0.25, 0.3) is 0 Å². The van der Waals surface area contributed by atoms with Gasteiger partial charge in [0.1, 0.15) is 5.75 Å². The minimum atomic E-state index is 0. The molecule has 3 N–H and O–H groups in total. The number of hydrogen-bond acceptors (Lipinski definition) is 5. The summed E-state index contributed by atoms with van der Waals surface area (Å²) in [5.74, 6) is 2.92. The van der Waals surface area contributed by atoms with E-state index in [9.17, 15) is 0 Å². The monoisotopic (exact) mass is 546 g/mol. The van der Waals surface area contributed by atoms with E-state index >= 15 is 0 Å². The predicted molar refractivity (Wildman–Crippen MR) is 151 cm³/mol. The molecule has 1 aliphatic rings. The molecule has 35 heavy (non-hydrogen) atoms. The lowest BCUT2D eigenvalue weighted by Gasteiger charge is -2.32. The zero-order valence-corrected chi connectivity index (χ0v) is 23.5. The normalized spacial score (nSPS) is 16.5. The Kier molecular flexibility index (Phi) is 14.8. The Balaban J connectivity index is 0.00000306. The SMILES string of the molecule is COc1cc(Cl)cc(CCNCCCCCCC2c3ccc(OC)c(OC)c3CCC2N)c1.Cl.Cl. The molecule has 0 spiro atoms.